The largest absolute Gasteiger partial charge is 0.374 e. The molecule has 0 bridgehead atoms. The van der Waals surface area contributed by atoms with Crippen LogP contribution in [0.15, 0.2) is 41.7 Å². The van der Waals surface area contributed by atoms with Crippen molar-refractivity contribution in [1.29, 1.82) is 0 Å². The second kappa shape index (κ2) is 7.79. The molecule has 1 aromatic carbocycles. The van der Waals surface area contributed by atoms with Crippen molar-refractivity contribution in [3.05, 3.63) is 53.7 Å². The number of aryl methyl sites for hydroxylation is 1. The first-order chi connectivity index (χ1) is 16.7. The summed E-state index contributed by atoms with van der Waals surface area (Å²) in [5.41, 5.74) is 4.70. The van der Waals surface area contributed by atoms with Crippen LogP contribution in [0.2, 0.25) is 0 Å². The average molecular weight is 496 g/mol. The number of likely N-dealkylation sites (N-methyl/N-ethyl adjacent to an activating group) is 2. The lowest BCUT2D eigenvalue weighted by Crippen LogP contribution is -2.30. The highest BCUT2D eigenvalue weighted by Crippen LogP contribution is 2.40. The Morgan fingerprint density at radius 2 is 1.89 bits per heavy atom. The summed E-state index contributed by atoms with van der Waals surface area (Å²) in [6.07, 6.45) is 4.14. The van der Waals surface area contributed by atoms with Crippen molar-refractivity contribution >= 4 is 32.4 Å². The van der Waals surface area contributed by atoms with Crippen LogP contribution in [0, 0.1) is 5.82 Å². The molecule has 9 nitrogen and oxygen atoms in total. The topological polar surface area (TPSA) is 88.3 Å². The van der Waals surface area contributed by atoms with E-state index >= 15 is 4.39 Å². The molecule has 2 aliphatic heterocycles. The number of nitrogens with zero attached hydrogens (tertiary/aromatic N) is 6. The van der Waals surface area contributed by atoms with E-state index < -0.39 is 10.0 Å². The predicted octanol–water partition coefficient (Wildman–Crippen LogP) is 2.81. The molecule has 4 aromatic rings. The highest BCUT2D eigenvalue weighted by atomic mass is 32.2. The molecule has 0 radical (unpaired) electrons. The Balaban J connectivity index is 1.46. The van der Waals surface area contributed by atoms with Crippen LogP contribution >= 0.6 is 0 Å². The van der Waals surface area contributed by atoms with Crippen LogP contribution in [0.4, 0.5) is 15.8 Å². The second-order valence-electron chi connectivity index (χ2n) is 9.38. The third-order valence-electron chi connectivity index (χ3n) is 6.93. The van der Waals surface area contributed by atoms with Crippen molar-refractivity contribution in [3.8, 4) is 11.1 Å². The molecule has 1 N–H and O–H groups in total. The van der Waals surface area contributed by atoms with Gasteiger partial charge < -0.3 is 9.47 Å². The fourth-order valence-electron chi connectivity index (χ4n) is 5.07. The number of benzene rings is 1. The number of halogens is 1. The number of sulfonamides is 1. The van der Waals surface area contributed by atoms with Gasteiger partial charge in [-0.05, 0) is 37.2 Å². The fourth-order valence-corrected chi connectivity index (χ4v) is 6.13. The third kappa shape index (κ3) is 3.57. The van der Waals surface area contributed by atoms with E-state index in [4.69, 9.17) is 0 Å². The third-order valence-corrected chi connectivity index (χ3v) is 8.17. The molecule has 6 rings (SSSR count). The number of nitrogens with one attached hydrogen (secondary N) is 1. The van der Waals surface area contributed by atoms with Gasteiger partial charge in [0.1, 0.15) is 11.5 Å². The number of rotatable bonds is 4. The van der Waals surface area contributed by atoms with E-state index in [0.29, 0.717) is 40.9 Å². The number of pyridine rings is 1. The van der Waals surface area contributed by atoms with Crippen molar-refractivity contribution in [2.24, 2.45) is 7.05 Å². The Morgan fingerprint density at radius 1 is 1.06 bits per heavy atom. The summed E-state index contributed by atoms with van der Waals surface area (Å²) in [4.78, 5) is 8.66. The number of hydrogen-bond acceptors (Lipinski definition) is 6. The van der Waals surface area contributed by atoms with Crippen LogP contribution in [0.5, 0.6) is 0 Å². The summed E-state index contributed by atoms with van der Waals surface area (Å²) in [6, 6.07) is 6.64. The van der Waals surface area contributed by atoms with E-state index in [2.05, 4.69) is 24.6 Å². The molecule has 2 aliphatic rings. The second-order valence-corrected chi connectivity index (χ2v) is 11.0. The molecule has 3 aromatic heterocycles. The molecule has 0 saturated heterocycles. The van der Waals surface area contributed by atoms with Crippen molar-refractivity contribution in [1.82, 2.24) is 24.2 Å². The summed E-state index contributed by atoms with van der Waals surface area (Å²) in [5, 5.41) is 4.85. The van der Waals surface area contributed by atoms with Gasteiger partial charge in [-0.25, -0.2) is 9.37 Å². The van der Waals surface area contributed by atoms with E-state index in [9.17, 15) is 8.42 Å². The fraction of sp³-hybridized carbons (Fsp3) is 0.333. The zero-order chi connectivity index (χ0) is 24.5. The highest BCUT2D eigenvalue weighted by Gasteiger charge is 2.26. The summed E-state index contributed by atoms with van der Waals surface area (Å²) in [6.45, 7) is 2.92. The van der Waals surface area contributed by atoms with Gasteiger partial charge in [0.25, 0.3) is 10.0 Å². The number of aromatic nitrogens is 4. The zero-order valence-electron chi connectivity index (χ0n) is 19.8. The average Bonchev–Trinajstić information content (AvgIpc) is 3.49. The van der Waals surface area contributed by atoms with Gasteiger partial charge in [-0.3, -0.25) is 14.3 Å². The van der Waals surface area contributed by atoms with Gasteiger partial charge >= 0.3 is 0 Å². The van der Waals surface area contributed by atoms with Gasteiger partial charge in [0.15, 0.2) is 5.03 Å². The molecule has 5 heterocycles. The predicted molar refractivity (Wildman–Crippen MR) is 132 cm³/mol. The normalized spacial score (nSPS) is 16.1. The van der Waals surface area contributed by atoms with E-state index in [1.165, 1.54) is 0 Å². The summed E-state index contributed by atoms with van der Waals surface area (Å²) >= 11 is 0. The van der Waals surface area contributed by atoms with E-state index in [-0.39, 0.29) is 10.8 Å². The Labute approximate surface area is 202 Å². The number of fused-ring (bicyclic) bond motifs is 3. The SMILES string of the molecule is CN1CCn2nc(S(=O)(=O)Nc3ccnc4c3c(-c3cc5c(cc3F)CCN5C)cn4C)cc2C1. The molecular formula is C24H26FN7O2S. The van der Waals surface area contributed by atoms with E-state index in [1.807, 2.05) is 27.2 Å². The van der Waals surface area contributed by atoms with Crippen LogP contribution < -0.4 is 9.62 Å². The van der Waals surface area contributed by atoms with Crippen LogP contribution in [-0.2, 0) is 36.6 Å². The van der Waals surface area contributed by atoms with Crippen LogP contribution in [-0.4, -0.2) is 59.8 Å². The summed E-state index contributed by atoms with van der Waals surface area (Å²) < 4.78 is 48.2. The van der Waals surface area contributed by atoms with Gasteiger partial charge in [0, 0.05) is 69.0 Å². The zero-order valence-corrected chi connectivity index (χ0v) is 20.6. The van der Waals surface area contributed by atoms with Gasteiger partial charge in [-0.1, -0.05) is 0 Å². The lowest BCUT2D eigenvalue weighted by atomic mass is 10.0. The molecule has 0 saturated carbocycles. The number of anilines is 2. The van der Waals surface area contributed by atoms with Gasteiger partial charge in [-0.15, -0.1) is 0 Å². The maximum atomic E-state index is 15.3. The quantitative estimate of drug-likeness (QED) is 0.469. The monoisotopic (exact) mass is 495 g/mol. The van der Waals surface area contributed by atoms with Crippen LogP contribution in [0.1, 0.15) is 11.3 Å². The Kier molecular flexibility index (Phi) is 4.91. The van der Waals surface area contributed by atoms with Crippen molar-refractivity contribution in [3.63, 3.8) is 0 Å². The maximum Gasteiger partial charge on any atom is 0.281 e. The van der Waals surface area contributed by atoms with Crippen molar-refractivity contribution in [2.45, 2.75) is 24.5 Å². The lowest BCUT2D eigenvalue weighted by Gasteiger charge is -2.22. The summed E-state index contributed by atoms with van der Waals surface area (Å²) in [5.74, 6) is -0.338. The van der Waals surface area contributed by atoms with E-state index in [0.717, 1.165) is 36.5 Å². The molecule has 0 atom stereocenters. The highest BCUT2D eigenvalue weighted by molar-refractivity contribution is 7.92. The molecule has 0 fully saturated rings. The van der Waals surface area contributed by atoms with Crippen LogP contribution in [0.25, 0.3) is 22.2 Å². The molecule has 0 aliphatic carbocycles. The smallest absolute Gasteiger partial charge is 0.281 e. The molecule has 11 heteroatoms. The van der Waals surface area contributed by atoms with Crippen molar-refractivity contribution in [2.75, 3.05) is 36.8 Å². The first kappa shape index (κ1) is 22.1. The summed E-state index contributed by atoms with van der Waals surface area (Å²) in [7, 11) is 1.82. The minimum absolute atomic E-state index is 0.0319. The van der Waals surface area contributed by atoms with Crippen LogP contribution in [0.3, 0.4) is 0 Å². The first-order valence-electron chi connectivity index (χ1n) is 11.5. The standard InChI is InChI=1S/C24H26FN7O2S/c1-29-8-9-32-16(13-29)11-22(27-32)35(33,34)28-20-4-6-26-24-23(20)18(14-31(24)3)17-12-21-15(10-19(17)25)5-7-30(21)2/h4,6,10-12,14H,5,7-9,13H2,1-3H3,(H,26,28). The molecule has 0 spiro atoms. The van der Waals surface area contributed by atoms with E-state index in [1.54, 1.807) is 39.8 Å². The lowest BCUT2D eigenvalue weighted by molar-refractivity contribution is 0.258. The molecular weight excluding hydrogens is 469 g/mol. The molecule has 35 heavy (non-hydrogen) atoms. The van der Waals surface area contributed by atoms with Gasteiger partial charge in [0.2, 0.25) is 0 Å². The Bertz CT molecular complexity index is 1590. The number of hydrogen-bond donors (Lipinski definition) is 1. The Hall–Kier alpha value is -3.44. The minimum Gasteiger partial charge on any atom is -0.374 e. The minimum atomic E-state index is -3.97. The maximum absolute atomic E-state index is 15.3. The molecule has 182 valence electrons. The molecule has 0 amide bonds. The van der Waals surface area contributed by atoms with Crippen molar-refractivity contribution < 1.29 is 12.8 Å². The molecule has 0 unspecified atom stereocenters. The van der Waals surface area contributed by atoms with Gasteiger partial charge in [0.05, 0.1) is 23.3 Å². The first-order valence-corrected chi connectivity index (χ1v) is 13.0. The Morgan fingerprint density at radius 3 is 2.71 bits per heavy atom. The van der Waals surface area contributed by atoms with Gasteiger partial charge in [-0.2, -0.15) is 13.5 Å².